The summed E-state index contributed by atoms with van der Waals surface area (Å²) < 4.78 is 0. The predicted molar refractivity (Wildman–Crippen MR) is 57.0 cm³/mol. The van der Waals surface area contributed by atoms with Crippen molar-refractivity contribution < 1.29 is 5.11 Å². The molecule has 0 atom stereocenters. The van der Waals surface area contributed by atoms with Gasteiger partial charge in [0.05, 0.1) is 5.69 Å². The van der Waals surface area contributed by atoms with Crippen molar-refractivity contribution in [3.8, 4) is 17.0 Å². The van der Waals surface area contributed by atoms with Crippen LogP contribution in [0.5, 0.6) is 5.75 Å². The van der Waals surface area contributed by atoms with Gasteiger partial charge < -0.3 is 10.8 Å². The number of benzene rings is 1. The molecule has 4 nitrogen and oxygen atoms in total. The standard InChI is InChI=1S/C11H11N3O/c12-5-9-6-13-7-14-11(9)8-2-1-3-10(15)4-8/h1-4,6-7,15H,5,12H2. The largest absolute Gasteiger partial charge is 0.508 e. The third-order valence-electron chi connectivity index (χ3n) is 2.13. The van der Waals surface area contributed by atoms with Crippen LogP contribution in [0.15, 0.2) is 36.8 Å². The first kappa shape index (κ1) is 9.61. The van der Waals surface area contributed by atoms with Gasteiger partial charge in [-0.3, -0.25) is 0 Å². The Morgan fingerprint density at radius 2 is 2.20 bits per heavy atom. The molecule has 0 aliphatic carbocycles. The van der Waals surface area contributed by atoms with Crippen LogP contribution in [0.4, 0.5) is 0 Å². The molecule has 0 saturated heterocycles. The lowest BCUT2D eigenvalue weighted by molar-refractivity contribution is 0.475. The minimum absolute atomic E-state index is 0.217. The lowest BCUT2D eigenvalue weighted by atomic mass is 10.1. The number of phenols is 1. The number of nitrogens with zero attached hydrogens (tertiary/aromatic N) is 2. The van der Waals surface area contributed by atoms with Crippen LogP contribution in [0.2, 0.25) is 0 Å². The third-order valence-corrected chi connectivity index (χ3v) is 2.13. The first-order valence-electron chi connectivity index (χ1n) is 4.59. The lowest BCUT2D eigenvalue weighted by Gasteiger charge is -2.05. The van der Waals surface area contributed by atoms with E-state index in [0.29, 0.717) is 6.54 Å². The van der Waals surface area contributed by atoms with Crippen LogP contribution in [0.25, 0.3) is 11.3 Å². The predicted octanol–water partition coefficient (Wildman–Crippen LogP) is 1.31. The minimum Gasteiger partial charge on any atom is -0.508 e. The molecule has 3 N–H and O–H groups in total. The van der Waals surface area contributed by atoms with Gasteiger partial charge in [-0.25, -0.2) is 9.97 Å². The molecule has 4 heteroatoms. The van der Waals surface area contributed by atoms with Crippen molar-refractivity contribution in [3.05, 3.63) is 42.4 Å². The zero-order chi connectivity index (χ0) is 10.7. The van der Waals surface area contributed by atoms with Crippen LogP contribution in [0, 0.1) is 0 Å². The van der Waals surface area contributed by atoms with E-state index in [1.54, 1.807) is 24.4 Å². The van der Waals surface area contributed by atoms with Crippen molar-refractivity contribution in [2.75, 3.05) is 0 Å². The monoisotopic (exact) mass is 201 g/mol. The van der Waals surface area contributed by atoms with E-state index in [9.17, 15) is 5.11 Å². The fourth-order valence-electron chi connectivity index (χ4n) is 1.42. The van der Waals surface area contributed by atoms with E-state index in [0.717, 1.165) is 16.8 Å². The molecule has 0 bridgehead atoms. The second-order valence-electron chi connectivity index (χ2n) is 3.15. The SMILES string of the molecule is NCc1cncnc1-c1cccc(O)c1. The van der Waals surface area contributed by atoms with Crippen molar-refractivity contribution >= 4 is 0 Å². The fourth-order valence-corrected chi connectivity index (χ4v) is 1.42. The minimum atomic E-state index is 0.217. The Morgan fingerprint density at radius 1 is 1.33 bits per heavy atom. The summed E-state index contributed by atoms with van der Waals surface area (Å²) in [6, 6.07) is 6.92. The normalized spacial score (nSPS) is 10.2. The van der Waals surface area contributed by atoms with E-state index in [4.69, 9.17) is 5.73 Å². The van der Waals surface area contributed by atoms with Gasteiger partial charge in [0.25, 0.3) is 0 Å². The van der Waals surface area contributed by atoms with Gasteiger partial charge >= 0.3 is 0 Å². The highest BCUT2D eigenvalue weighted by Crippen LogP contribution is 2.23. The molecule has 2 aromatic rings. The molecule has 0 radical (unpaired) electrons. The first-order valence-corrected chi connectivity index (χ1v) is 4.59. The van der Waals surface area contributed by atoms with Gasteiger partial charge in [0.1, 0.15) is 12.1 Å². The molecule has 0 fully saturated rings. The molecule has 0 aliphatic rings. The number of aromatic hydroxyl groups is 1. The number of hydrogen-bond donors (Lipinski definition) is 2. The zero-order valence-corrected chi connectivity index (χ0v) is 8.09. The summed E-state index contributed by atoms with van der Waals surface area (Å²) in [5, 5.41) is 9.36. The average Bonchev–Trinajstić information content (AvgIpc) is 2.29. The summed E-state index contributed by atoms with van der Waals surface area (Å²) in [7, 11) is 0. The highest BCUT2D eigenvalue weighted by molar-refractivity contribution is 5.63. The molecule has 0 spiro atoms. The Labute approximate surface area is 87.4 Å². The number of rotatable bonds is 2. The average molecular weight is 201 g/mol. The Bertz CT molecular complexity index is 471. The maximum atomic E-state index is 9.36. The maximum Gasteiger partial charge on any atom is 0.116 e. The second-order valence-corrected chi connectivity index (χ2v) is 3.15. The molecule has 76 valence electrons. The van der Waals surface area contributed by atoms with Crippen molar-refractivity contribution in [2.45, 2.75) is 6.54 Å². The Kier molecular flexibility index (Phi) is 2.60. The first-order chi connectivity index (χ1) is 7.31. The molecule has 0 saturated carbocycles. The topological polar surface area (TPSA) is 72.0 Å². The van der Waals surface area contributed by atoms with E-state index in [1.165, 1.54) is 6.33 Å². The molecule has 2 rings (SSSR count). The Balaban J connectivity index is 2.53. The van der Waals surface area contributed by atoms with E-state index in [-0.39, 0.29) is 5.75 Å². The molecule has 0 unspecified atom stereocenters. The van der Waals surface area contributed by atoms with Crippen LogP contribution >= 0.6 is 0 Å². The van der Waals surface area contributed by atoms with Crippen LogP contribution in [-0.2, 0) is 6.54 Å². The fraction of sp³-hybridized carbons (Fsp3) is 0.0909. The van der Waals surface area contributed by atoms with E-state index in [2.05, 4.69) is 9.97 Å². The molecular weight excluding hydrogens is 190 g/mol. The second kappa shape index (κ2) is 4.06. The molecule has 15 heavy (non-hydrogen) atoms. The van der Waals surface area contributed by atoms with Crippen molar-refractivity contribution in [1.82, 2.24) is 9.97 Å². The van der Waals surface area contributed by atoms with Crippen molar-refractivity contribution in [3.63, 3.8) is 0 Å². The number of aromatic nitrogens is 2. The van der Waals surface area contributed by atoms with Gasteiger partial charge in [-0.15, -0.1) is 0 Å². The smallest absolute Gasteiger partial charge is 0.116 e. The van der Waals surface area contributed by atoms with Crippen LogP contribution in [0.3, 0.4) is 0 Å². The number of phenolic OH excluding ortho intramolecular Hbond substituents is 1. The van der Waals surface area contributed by atoms with Crippen LogP contribution < -0.4 is 5.73 Å². The zero-order valence-electron chi connectivity index (χ0n) is 8.09. The number of hydrogen-bond acceptors (Lipinski definition) is 4. The summed E-state index contributed by atoms with van der Waals surface area (Å²) in [6.07, 6.45) is 3.16. The van der Waals surface area contributed by atoms with Gasteiger partial charge in [0, 0.05) is 23.9 Å². The van der Waals surface area contributed by atoms with E-state index < -0.39 is 0 Å². The summed E-state index contributed by atoms with van der Waals surface area (Å²) in [4.78, 5) is 8.07. The highest BCUT2D eigenvalue weighted by atomic mass is 16.3. The molecule has 0 aliphatic heterocycles. The van der Waals surface area contributed by atoms with Crippen molar-refractivity contribution in [2.24, 2.45) is 5.73 Å². The Hall–Kier alpha value is -1.94. The summed E-state index contributed by atoms with van der Waals surface area (Å²) in [5.74, 6) is 0.217. The van der Waals surface area contributed by atoms with Crippen LogP contribution in [0.1, 0.15) is 5.56 Å². The molecule has 1 aromatic heterocycles. The van der Waals surface area contributed by atoms with E-state index in [1.807, 2.05) is 6.07 Å². The van der Waals surface area contributed by atoms with Gasteiger partial charge in [-0.05, 0) is 12.1 Å². The van der Waals surface area contributed by atoms with Crippen LogP contribution in [-0.4, -0.2) is 15.1 Å². The molecule has 0 amide bonds. The molecule has 1 heterocycles. The third kappa shape index (κ3) is 1.94. The Morgan fingerprint density at radius 3 is 2.93 bits per heavy atom. The van der Waals surface area contributed by atoms with Gasteiger partial charge in [-0.1, -0.05) is 12.1 Å². The highest BCUT2D eigenvalue weighted by Gasteiger charge is 2.05. The molecular formula is C11H11N3O. The van der Waals surface area contributed by atoms with Gasteiger partial charge in [0.15, 0.2) is 0 Å². The summed E-state index contributed by atoms with van der Waals surface area (Å²) in [5.41, 5.74) is 8.06. The maximum absolute atomic E-state index is 9.36. The number of nitrogens with two attached hydrogens (primary N) is 1. The van der Waals surface area contributed by atoms with Gasteiger partial charge in [-0.2, -0.15) is 0 Å². The van der Waals surface area contributed by atoms with Crippen molar-refractivity contribution in [1.29, 1.82) is 0 Å². The lowest BCUT2D eigenvalue weighted by Crippen LogP contribution is -2.01. The summed E-state index contributed by atoms with van der Waals surface area (Å²) >= 11 is 0. The van der Waals surface area contributed by atoms with Gasteiger partial charge in [0.2, 0.25) is 0 Å². The summed E-state index contributed by atoms with van der Waals surface area (Å²) in [6.45, 7) is 0.381. The quantitative estimate of drug-likeness (QED) is 0.768. The van der Waals surface area contributed by atoms with E-state index >= 15 is 0 Å². The molecule has 1 aromatic carbocycles.